The van der Waals surface area contributed by atoms with Gasteiger partial charge < -0.3 is 10.1 Å². The predicted molar refractivity (Wildman–Crippen MR) is 79.8 cm³/mol. The standard InChI is InChI=1S/C17H19NO2/c1-13(2)18-17(19)15-10-8-14(9-11-15)12-20-16-6-4-3-5-7-16/h3-11,13H,12H2,1-2H3,(H,18,19). The lowest BCUT2D eigenvalue weighted by atomic mass is 10.1. The van der Waals surface area contributed by atoms with E-state index in [0.29, 0.717) is 12.2 Å². The van der Waals surface area contributed by atoms with Gasteiger partial charge in [-0.15, -0.1) is 0 Å². The summed E-state index contributed by atoms with van der Waals surface area (Å²) in [6, 6.07) is 17.3. The van der Waals surface area contributed by atoms with E-state index < -0.39 is 0 Å². The summed E-state index contributed by atoms with van der Waals surface area (Å²) < 4.78 is 5.66. The molecule has 2 aromatic rings. The third-order valence-corrected chi connectivity index (χ3v) is 2.78. The number of ether oxygens (including phenoxy) is 1. The first kappa shape index (κ1) is 14.1. The van der Waals surface area contributed by atoms with E-state index >= 15 is 0 Å². The molecule has 0 aliphatic rings. The van der Waals surface area contributed by atoms with Gasteiger partial charge in [0.1, 0.15) is 12.4 Å². The molecule has 0 radical (unpaired) electrons. The Hall–Kier alpha value is -2.29. The van der Waals surface area contributed by atoms with Gasteiger partial charge in [0.15, 0.2) is 0 Å². The van der Waals surface area contributed by atoms with E-state index in [1.807, 2.05) is 68.4 Å². The molecule has 2 aromatic carbocycles. The summed E-state index contributed by atoms with van der Waals surface area (Å²) in [5.74, 6) is 0.796. The fraction of sp³-hybridized carbons (Fsp3) is 0.235. The van der Waals surface area contributed by atoms with Crippen molar-refractivity contribution in [1.82, 2.24) is 5.32 Å². The molecule has 0 heterocycles. The van der Waals surface area contributed by atoms with Crippen molar-refractivity contribution in [3.05, 3.63) is 65.7 Å². The van der Waals surface area contributed by atoms with Gasteiger partial charge in [0, 0.05) is 11.6 Å². The first-order valence-electron chi connectivity index (χ1n) is 6.73. The van der Waals surface area contributed by atoms with E-state index in [9.17, 15) is 4.79 Å². The lowest BCUT2D eigenvalue weighted by Gasteiger charge is -2.09. The maximum Gasteiger partial charge on any atom is 0.251 e. The Morgan fingerprint density at radius 1 is 1.05 bits per heavy atom. The third kappa shape index (κ3) is 4.12. The second-order valence-electron chi connectivity index (χ2n) is 4.93. The zero-order chi connectivity index (χ0) is 14.4. The zero-order valence-electron chi connectivity index (χ0n) is 11.8. The number of hydrogen-bond acceptors (Lipinski definition) is 2. The van der Waals surface area contributed by atoms with E-state index in [4.69, 9.17) is 4.74 Å². The number of nitrogens with one attached hydrogen (secondary N) is 1. The fourth-order valence-electron chi connectivity index (χ4n) is 1.78. The van der Waals surface area contributed by atoms with E-state index in [0.717, 1.165) is 11.3 Å². The Morgan fingerprint density at radius 2 is 1.70 bits per heavy atom. The number of rotatable bonds is 5. The van der Waals surface area contributed by atoms with E-state index in [1.54, 1.807) is 0 Å². The molecule has 104 valence electrons. The van der Waals surface area contributed by atoms with Gasteiger partial charge in [-0.1, -0.05) is 30.3 Å². The van der Waals surface area contributed by atoms with Gasteiger partial charge in [-0.3, -0.25) is 4.79 Å². The summed E-state index contributed by atoms with van der Waals surface area (Å²) in [4.78, 5) is 11.8. The molecule has 3 heteroatoms. The monoisotopic (exact) mass is 269 g/mol. The van der Waals surface area contributed by atoms with Crippen LogP contribution in [0.5, 0.6) is 5.75 Å². The minimum absolute atomic E-state index is 0.0458. The summed E-state index contributed by atoms with van der Waals surface area (Å²) in [5.41, 5.74) is 1.71. The highest BCUT2D eigenvalue weighted by Gasteiger charge is 2.06. The van der Waals surface area contributed by atoms with Crippen molar-refractivity contribution >= 4 is 5.91 Å². The molecule has 20 heavy (non-hydrogen) atoms. The van der Waals surface area contributed by atoms with Crippen LogP contribution in [-0.4, -0.2) is 11.9 Å². The molecule has 3 nitrogen and oxygen atoms in total. The number of amides is 1. The average Bonchev–Trinajstić information content (AvgIpc) is 2.46. The smallest absolute Gasteiger partial charge is 0.251 e. The molecule has 0 atom stereocenters. The molecule has 0 aliphatic heterocycles. The number of hydrogen-bond donors (Lipinski definition) is 1. The normalized spacial score (nSPS) is 10.3. The summed E-state index contributed by atoms with van der Waals surface area (Å²) in [6.45, 7) is 4.38. The Balaban J connectivity index is 1.93. The van der Waals surface area contributed by atoms with Crippen molar-refractivity contribution in [2.45, 2.75) is 26.5 Å². The zero-order valence-corrected chi connectivity index (χ0v) is 11.8. The van der Waals surface area contributed by atoms with Crippen LogP contribution in [0, 0.1) is 0 Å². The minimum atomic E-state index is -0.0458. The van der Waals surface area contributed by atoms with Crippen LogP contribution in [0.25, 0.3) is 0 Å². The maximum absolute atomic E-state index is 11.8. The third-order valence-electron chi connectivity index (χ3n) is 2.78. The van der Waals surface area contributed by atoms with Crippen LogP contribution in [0.3, 0.4) is 0 Å². The number of benzene rings is 2. The molecule has 0 bridgehead atoms. The van der Waals surface area contributed by atoms with Crippen molar-refractivity contribution in [2.24, 2.45) is 0 Å². The molecule has 2 rings (SSSR count). The first-order chi connectivity index (χ1) is 9.65. The van der Waals surface area contributed by atoms with Gasteiger partial charge >= 0.3 is 0 Å². The lowest BCUT2D eigenvalue weighted by molar-refractivity contribution is 0.0943. The quantitative estimate of drug-likeness (QED) is 0.903. The lowest BCUT2D eigenvalue weighted by Crippen LogP contribution is -2.29. The van der Waals surface area contributed by atoms with Crippen molar-refractivity contribution < 1.29 is 9.53 Å². The Morgan fingerprint density at radius 3 is 2.30 bits per heavy atom. The van der Waals surface area contributed by atoms with Gasteiger partial charge in [0.2, 0.25) is 0 Å². The van der Waals surface area contributed by atoms with Crippen LogP contribution in [0.15, 0.2) is 54.6 Å². The Kier molecular flexibility index (Phi) is 4.77. The van der Waals surface area contributed by atoms with E-state index in [-0.39, 0.29) is 11.9 Å². The Bertz CT molecular complexity index is 547. The van der Waals surface area contributed by atoms with Gasteiger partial charge in [-0.25, -0.2) is 0 Å². The molecule has 0 aromatic heterocycles. The highest BCUT2D eigenvalue weighted by atomic mass is 16.5. The molecule has 0 spiro atoms. The van der Waals surface area contributed by atoms with Gasteiger partial charge in [-0.2, -0.15) is 0 Å². The van der Waals surface area contributed by atoms with Crippen LogP contribution in [0.1, 0.15) is 29.8 Å². The van der Waals surface area contributed by atoms with Gasteiger partial charge in [0.25, 0.3) is 5.91 Å². The van der Waals surface area contributed by atoms with Gasteiger partial charge in [-0.05, 0) is 43.7 Å². The molecule has 0 aliphatic carbocycles. The molecular weight excluding hydrogens is 250 g/mol. The highest BCUT2D eigenvalue weighted by Crippen LogP contribution is 2.12. The van der Waals surface area contributed by atoms with Gasteiger partial charge in [0.05, 0.1) is 0 Å². The summed E-state index contributed by atoms with van der Waals surface area (Å²) in [6.07, 6.45) is 0. The SMILES string of the molecule is CC(C)NC(=O)c1ccc(COc2ccccc2)cc1. The molecule has 0 unspecified atom stereocenters. The number of para-hydroxylation sites is 1. The molecular formula is C17H19NO2. The number of carbonyl (C=O) groups excluding carboxylic acids is 1. The molecule has 0 saturated heterocycles. The van der Waals surface area contributed by atoms with Crippen molar-refractivity contribution in [1.29, 1.82) is 0 Å². The summed E-state index contributed by atoms with van der Waals surface area (Å²) in [7, 11) is 0. The molecule has 1 N–H and O–H groups in total. The number of carbonyl (C=O) groups is 1. The Labute approximate surface area is 119 Å². The molecule has 0 saturated carbocycles. The first-order valence-corrected chi connectivity index (χ1v) is 6.73. The van der Waals surface area contributed by atoms with E-state index in [1.165, 1.54) is 0 Å². The molecule has 0 fully saturated rings. The van der Waals surface area contributed by atoms with Crippen LogP contribution in [0.2, 0.25) is 0 Å². The van der Waals surface area contributed by atoms with Crippen molar-refractivity contribution in [3.8, 4) is 5.75 Å². The second kappa shape index (κ2) is 6.75. The summed E-state index contributed by atoms with van der Waals surface area (Å²) >= 11 is 0. The van der Waals surface area contributed by atoms with E-state index in [2.05, 4.69) is 5.32 Å². The summed E-state index contributed by atoms with van der Waals surface area (Å²) in [5, 5.41) is 2.87. The fourth-order valence-corrected chi connectivity index (χ4v) is 1.78. The second-order valence-corrected chi connectivity index (χ2v) is 4.93. The highest BCUT2D eigenvalue weighted by molar-refractivity contribution is 5.94. The minimum Gasteiger partial charge on any atom is -0.489 e. The predicted octanol–water partition coefficient (Wildman–Crippen LogP) is 3.40. The van der Waals surface area contributed by atoms with Crippen LogP contribution < -0.4 is 10.1 Å². The topological polar surface area (TPSA) is 38.3 Å². The van der Waals surface area contributed by atoms with Crippen molar-refractivity contribution in [2.75, 3.05) is 0 Å². The largest absolute Gasteiger partial charge is 0.489 e. The van der Waals surface area contributed by atoms with Crippen LogP contribution in [0.4, 0.5) is 0 Å². The maximum atomic E-state index is 11.8. The average molecular weight is 269 g/mol. The van der Waals surface area contributed by atoms with Crippen LogP contribution in [-0.2, 0) is 6.61 Å². The molecule has 1 amide bonds. The van der Waals surface area contributed by atoms with Crippen molar-refractivity contribution in [3.63, 3.8) is 0 Å². The van der Waals surface area contributed by atoms with Crippen LogP contribution >= 0.6 is 0 Å².